The third kappa shape index (κ3) is 4.80. The number of nitrogens with zero attached hydrogens (tertiary/aromatic N) is 2. The zero-order chi connectivity index (χ0) is 20.3. The number of benzene rings is 2. The molecule has 0 aliphatic rings. The standard InChI is InChI=1S/C20H21ClN4O3/c1-12(26)22-16(13-4-6-14(21)7-5-13)11-19(27)23-15-8-9-18-17(10-15)24-20(28-18)25(2)3/h4-10,16H,11H2,1-3H3,(H,22,26)(H,23,27)/t16-/m1/s1. The van der Waals surface area contributed by atoms with Crippen LogP contribution in [-0.4, -0.2) is 30.9 Å². The number of amides is 2. The Morgan fingerprint density at radius 1 is 1.18 bits per heavy atom. The predicted molar refractivity (Wildman–Crippen MR) is 110 cm³/mol. The third-order valence-electron chi connectivity index (χ3n) is 4.08. The summed E-state index contributed by atoms with van der Waals surface area (Å²) in [4.78, 5) is 30.2. The molecule has 0 unspecified atom stereocenters. The summed E-state index contributed by atoms with van der Waals surface area (Å²) in [5, 5.41) is 6.24. The molecule has 1 atom stereocenters. The minimum absolute atomic E-state index is 0.0843. The second-order valence-corrected chi connectivity index (χ2v) is 7.07. The molecule has 7 nitrogen and oxygen atoms in total. The van der Waals surface area contributed by atoms with Gasteiger partial charge in [0.05, 0.1) is 12.5 Å². The lowest BCUT2D eigenvalue weighted by atomic mass is 10.0. The fourth-order valence-corrected chi connectivity index (χ4v) is 2.90. The molecule has 28 heavy (non-hydrogen) atoms. The van der Waals surface area contributed by atoms with Crippen molar-refractivity contribution in [3.63, 3.8) is 0 Å². The van der Waals surface area contributed by atoms with E-state index in [1.54, 1.807) is 47.4 Å². The molecular weight excluding hydrogens is 380 g/mol. The summed E-state index contributed by atoms with van der Waals surface area (Å²) in [5.41, 5.74) is 2.70. The van der Waals surface area contributed by atoms with Gasteiger partial charge in [-0.2, -0.15) is 4.98 Å². The number of aromatic nitrogens is 1. The highest BCUT2D eigenvalue weighted by Crippen LogP contribution is 2.25. The molecule has 2 aromatic carbocycles. The maximum atomic E-state index is 12.6. The predicted octanol–water partition coefficient (Wildman–Crippen LogP) is 3.75. The minimum Gasteiger partial charge on any atom is -0.423 e. The number of rotatable bonds is 6. The Hall–Kier alpha value is -3.06. The van der Waals surface area contributed by atoms with Crippen molar-refractivity contribution in [1.29, 1.82) is 0 Å². The number of hydrogen-bond donors (Lipinski definition) is 2. The van der Waals surface area contributed by atoms with E-state index in [0.717, 1.165) is 5.56 Å². The van der Waals surface area contributed by atoms with Crippen molar-refractivity contribution in [2.75, 3.05) is 24.3 Å². The molecule has 3 aromatic rings. The van der Waals surface area contributed by atoms with Gasteiger partial charge in [-0.1, -0.05) is 23.7 Å². The first-order valence-electron chi connectivity index (χ1n) is 8.72. The molecule has 0 saturated carbocycles. The molecule has 0 fully saturated rings. The average Bonchev–Trinajstić information content (AvgIpc) is 3.05. The van der Waals surface area contributed by atoms with Crippen LogP contribution < -0.4 is 15.5 Å². The summed E-state index contributed by atoms with van der Waals surface area (Å²) in [5.74, 6) is -0.447. The second-order valence-electron chi connectivity index (χ2n) is 6.63. The summed E-state index contributed by atoms with van der Waals surface area (Å²) >= 11 is 5.92. The lowest BCUT2D eigenvalue weighted by Crippen LogP contribution is -2.29. The van der Waals surface area contributed by atoms with E-state index in [9.17, 15) is 9.59 Å². The third-order valence-corrected chi connectivity index (χ3v) is 4.33. The first kappa shape index (κ1) is 19.7. The molecule has 2 amide bonds. The van der Waals surface area contributed by atoms with Crippen molar-refractivity contribution in [1.82, 2.24) is 10.3 Å². The van der Waals surface area contributed by atoms with Crippen LogP contribution >= 0.6 is 11.6 Å². The summed E-state index contributed by atoms with van der Waals surface area (Å²) < 4.78 is 5.61. The Kier molecular flexibility index (Phi) is 5.84. The normalized spacial score (nSPS) is 11.9. The lowest BCUT2D eigenvalue weighted by Gasteiger charge is -2.18. The molecule has 146 valence electrons. The Morgan fingerprint density at radius 3 is 2.54 bits per heavy atom. The zero-order valence-corrected chi connectivity index (χ0v) is 16.6. The van der Waals surface area contributed by atoms with Gasteiger partial charge in [0.25, 0.3) is 6.01 Å². The van der Waals surface area contributed by atoms with Crippen LogP contribution in [-0.2, 0) is 9.59 Å². The van der Waals surface area contributed by atoms with Crippen molar-refractivity contribution in [2.45, 2.75) is 19.4 Å². The number of carbonyl (C=O) groups is 2. The van der Waals surface area contributed by atoms with E-state index in [0.29, 0.717) is 27.8 Å². The van der Waals surface area contributed by atoms with Gasteiger partial charge in [-0.15, -0.1) is 0 Å². The number of hydrogen-bond acceptors (Lipinski definition) is 5. The van der Waals surface area contributed by atoms with Crippen molar-refractivity contribution >= 4 is 46.2 Å². The van der Waals surface area contributed by atoms with Crippen LogP contribution in [0.1, 0.15) is 24.9 Å². The molecule has 8 heteroatoms. The topological polar surface area (TPSA) is 87.5 Å². The first-order valence-corrected chi connectivity index (χ1v) is 9.10. The molecule has 3 rings (SSSR count). The summed E-state index contributed by atoms with van der Waals surface area (Å²) in [7, 11) is 3.68. The molecule has 0 saturated heterocycles. The van der Waals surface area contributed by atoms with Gasteiger partial charge in [0.1, 0.15) is 5.52 Å². The van der Waals surface area contributed by atoms with Gasteiger partial charge in [-0.05, 0) is 35.9 Å². The van der Waals surface area contributed by atoms with Crippen LogP contribution in [0, 0.1) is 0 Å². The van der Waals surface area contributed by atoms with Gasteiger partial charge < -0.3 is 20.0 Å². The number of carbonyl (C=O) groups excluding carboxylic acids is 2. The summed E-state index contributed by atoms with van der Waals surface area (Å²) in [6.45, 7) is 1.42. The van der Waals surface area contributed by atoms with Gasteiger partial charge >= 0.3 is 0 Å². The number of nitrogens with one attached hydrogen (secondary N) is 2. The maximum Gasteiger partial charge on any atom is 0.297 e. The van der Waals surface area contributed by atoms with Gasteiger partial charge in [0, 0.05) is 31.7 Å². The lowest BCUT2D eigenvalue weighted by molar-refractivity contribution is -0.120. The fourth-order valence-electron chi connectivity index (χ4n) is 2.77. The molecule has 0 spiro atoms. The first-order chi connectivity index (χ1) is 13.3. The van der Waals surface area contributed by atoms with E-state index in [-0.39, 0.29) is 18.2 Å². The second kappa shape index (κ2) is 8.31. The SMILES string of the molecule is CC(=O)N[C@H](CC(=O)Nc1ccc2oc(N(C)C)nc2c1)c1ccc(Cl)cc1. The quantitative estimate of drug-likeness (QED) is 0.657. The van der Waals surface area contributed by atoms with Crippen molar-refractivity contribution in [2.24, 2.45) is 0 Å². The minimum atomic E-state index is -0.453. The number of oxazole rings is 1. The Bertz CT molecular complexity index is 998. The number of anilines is 2. The highest BCUT2D eigenvalue weighted by Gasteiger charge is 2.18. The molecule has 1 heterocycles. The van der Waals surface area contributed by atoms with Crippen molar-refractivity contribution in [3.05, 3.63) is 53.1 Å². The van der Waals surface area contributed by atoms with Gasteiger partial charge in [-0.3, -0.25) is 9.59 Å². The number of fused-ring (bicyclic) bond motifs is 1. The van der Waals surface area contributed by atoms with E-state index in [1.807, 2.05) is 14.1 Å². The molecular formula is C20H21ClN4O3. The largest absolute Gasteiger partial charge is 0.423 e. The Labute approximate surface area is 167 Å². The van der Waals surface area contributed by atoms with Crippen LogP contribution in [0.2, 0.25) is 5.02 Å². The fraction of sp³-hybridized carbons (Fsp3) is 0.250. The van der Waals surface area contributed by atoms with Gasteiger partial charge in [-0.25, -0.2) is 0 Å². The van der Waals surface area contributed by atoms with Crippen molar-refractivity contribution in [3.8, 4) is 0 Å². The van der Waals surface area contributed by atoms with Gasteiger partial charge in [0.15, 0.2) is 5.58 Å². The smallest absolute Gasteiger partial charge is 0.297 e. The maximum absolute atomic E-state index is 12.6. The summed E-state index contributed by atoms with van der Waals surface area (Å²) in [6.07, 6.45) is 0.0843. The van der Waals surface area contributed by atoms with Crippen LogP contribution in [0.4, 0.5) is 11.7 Å². The summed E-state index contributed by atoms with van der Waals surface area (Å²) in [6, 6.07) is 12.3. The molecule has 0 aliphatic heterocycles. The Balaban J connectivity index is 1.74. The van der Waals surface area contributed by atoms with E-state index in [1.165, 1.54) is 6.92 Å². The highest BCUT2D eigenvalue weighted by molar-refractivity contribution is 6.30. The molecule has 0 radical (unpaired) electrons. The molecule has 2 N–H and O–H groups in total. The number of halogens is 1. The Morgan fingerprint density at radius 2 is 1.89 bits per heavy atom. The van der Waals surface area contributed by atoms with Gasteiger partial charge in [0.2, 0.25) is 11.8 Å². The molecule has 0 bridgehead atoms. The molecule has 0 aliphatic carbocycles. The monoisotopic (exact) mass is 400 g/mol. The van der Waals surface area contributed by atoms with Crippen LogP contribution in [0.3, 0.4) is 0 Å². The molecule has 1 aromatic heterocycles. The van der Waals surface area contributed by atoms with Crippen LogP contribution in [0.25, 0.3) is 11.1 Å². The zero-order valence-electron chi connectivity index (χ0n) is 15.8. The van der Waals surface area contributed by atoms with Crippen LogP contribution in [0.15, 0.2) is 46.9 Å². The van der Waals surface area contributed by atoms with E-state index >= 15 is 0 Å². The van der Waals surface area contributed by atoms with E-state index in [4.69, 9.17) is 16.0 Å². The van der Waals surface area contributed by atoms with Crippen molar-refractivity contribution < 1.29 is 14.0 Å². The average molecular weight is 401 g/mol. The van der Waals surface area contributed by atoms with Crippen LogP contribution in [0.5, 0.6) is 0 Å². The van der Waals surface area contributed by atoms with E-state index < -0.39 is 6.04 Å². The van der Waals surface area contributed by atoms with E-state index in [2.05, 4.69) is 15.6 Å². The highest BCUT2D eigenvalue weighted by atomic mass is 35.5.